The van der Waals surface area contributed by atoms with Gasteiger partial charge in [0.25, 0.3) is 0 Å². The largest absolute Gasteiger partial charge is 0.385 e. The molecule has 1 unspecified atom stereocenters. The molecule has 0 aromatic rings. The Kier molecular flexibility index (Phi) is 8.51. The Morgan fingerprint density at radius 1 is 1.42 bits per heavy atom. The molecule has 0 aromatic carbocycles. The van der Waals surface area contributed by atoms with Crippen molar-refractivity contribution in [2.75, 3.05) is 13.7 Å². The van der Waals surface area contributed by atoms with Crippen LogP contribution >= 0.6 is 0 Å². The van der Waals surface area contributed by atoms with Crippen molar-refractivity contribution < 1.29 is 4.74 Å². The van der Waals surface area contributed by atoms with Crippen LogP contribution in [0.25, 0.3) is 0 Å². The van der Waals surface area contributed by atoms with Crippen LogP contribution in [0.3, 0.4) is 0 Å². The molecule has 0 amide bonds. The lowest BCUT2D eigenvalue weighted by Gasteiger charge is -2.09. The topological polar surface area (TPSA) is 35.2 Å². The molecule has 0 aliphatic heterocycles. The first-order valence-corrected chi connectivity index (χ1v) is 4.66. The second kappa shape index (κ2) is 8.75. The molecule has 0 aromatic heterocycles. The Labute approximate surface area is 75.8 Å². The summed E-state index contributed by atoms with van der Waals surface area (Å²) in [7, 11) is 1.73. The van der Waals surface area contributed by atoms with Crippen LogP contribution in [0.2, 0.25) is 0 Å². The van der Waals surface area contributed by atoms with Gasteiger partial charge in [-0.2, -0.15) is 0 Å². The van der Waals surface area contributed by atoms with Crippen LogP contribution in [0.4, 0.5) is 0 Å². The van der Waals surface area contributed by atoms with Gasteiger partial charge >= 0.3 is 0 Å². The van der Waals surface area contributed by atoms with Crippen molar-refractivity contribution in [1.29, 1.82) is 0 Å². The van der Waals surface area contributed by atoms with Crippen LogP contribution in [-0.4, -0.2) is 19.8 Å². The van der Waals surface area contributed by atoms with Gasteiger partial charge in [0.2, 0.25) is 0 Å². The predicted octanol–water partition coefficient (Wildman–Crippen LogP) is 2.10. The third-order valence-electron chi connectivity index (χ3n) is 1.91. The molecular formula is C10H21NO. The van der Waals surface area contributed by atoms with E-state index in [2.05, 4.69) is 6.58 Å². The van der Waals surface area contributed by atoms with Crippen LogP contribution in [0.5, 0.6) is 0 Å². The highest BCUT2D eigenvalue weighted by Crippen LogP contribution is 2.04. The van der Waals surface area contributed by atoms with E-state index in [0.29, 0.717) is 6.04 Å². The molecule has 0 fully saturated rings. The van der Waals surface area contributed by atoms with Gasteiger partial charge in [0.1, 0.15) is 0 Å². The molecule has 0 rings (SSSR count). The molecule has 12 heavy (non-hydrogen) atoms. The van der Waals surface area contributed by atoms with Crippen molar-refractivity contribution >= 4 is 0 Å². The van der Waals surface area contributed by atoms with E-state index < -0.39 is 0 Å². The summed E-state index contributed by atoms with van der Waals surface area (Å²) in [6.07, 6.45) is 7.45. The van der Waals surface area contributed by atoms with E-state index in [-0.39, 0.29) is 0 Å². The summed E-state index contributed by atoms with van der Waals surface area (Å²) in [5.41, 5.74) is 5.87. The summed E-state index contributed by atoms with van der Waals surface area (Å²) in [5, 5.41) is 0. The zero-order valence-corrected chi connectivity index (χ0v) is 8.09. The fourth-order valence-corrected chi connectivity index (χ4v) is 1.16. The number of rotatable bonds is 8. The molecule has 1 atom stereocenters. The van der Waals surface area contributed by atoms with Gasteiger partial charge in [0.15, 0.2) is 0 Å². The third kappa shape index (κ3) is 7.76. The maximum atomic E-state index is 5.87. The van der Waals surface area contributed by atoms with Gasteiger partial charge < -0.3 is 10.5 Å². The normalized spacial score (nSPS) is 12.8. The first kappa shape index (κ1) is 11.7. The number of methoxy groups -OCH3 is 1. The predicted molar refractivity (Wildman–Crippen MR) is 53.1 cm³/mol. The molecule has 0 bridgehead atoms. The van der Waals surface area contributed by atoms with E-state index in [4.69, 9.17) is 10.5 Å². The van der Waals surface area contributed by atoms with Crippen molar-refractivity contribution in [3.8, 4) is 0 Å². The highest BCUT2D eigenvalue weighted by atomic mass is 16.5. The van der Waals surface area contributed by atoms with Crippen molar-refractivity contribution in [2.45, 2.75) is 38.1 Å². The second-order valence-corrected chi connectivity index (χ2v) is 3.11. The Balaban J connectivity index is 3.09. The highest BCUT2D eigenvalue weighted by Gasteiger charge is 2.00. The number of nitrogens with two attached hydrogens (primary N) is 1. The molecule has 2 nitrogen and oxygen atoms in total. The average Bonchev–Trinajstić information content (AvgIpc) is 2.06. The van der Waals surface area contributed by atoms with Crippen LogP contribution in [0.15, 0.2) is 12.7 Å². The number of allylic oxidation sites excluding steroid dienone is 1. The van der Waals surface area contributed by atoms with E-state index >= 15 is 0 Å². The summed E-state index contributed by atoms with van der Waals surface area (Å²) >= 11 is 0. The molecule has 2 heteroatoms. The maximum Gasteiger partial charge on any atom is 0.0462 e. The van der Waals surface area contributed by atoms with E-state index in [0.717, 1.165) is 38.7 Å². The van der Waals surface area contributed by atoms with Crippen LogP contribution < -0.4 is 5.73 Å². The quantitative estimate of drug-likeness (QED) is 0.448. The monoisotopic (exact) mass is 171 g/mol. The molecule has 0 spiro atoms. The molecule has 2 N–H and O–H groups in total. The Hall–Kier alpha value is -0.340. The second-order valence-electron chi connectivity index (χ2n) is 3.11. The van der Waals surface area contributed by atoms with Gasteiger partial charge in [0.05, 0.1) is 0 Å². The summed E-state index contributed by atoms with van der Waals surface area (Å²) in [5.74, 6) is 0. The Bertz CT molecular complexity index is 104. The fourth-order valence-electron chi connectivity index (χ4n) is 1.16. The molecule has 0 radical (unpaired) electrons. The number of ether oxygens (including phenoxy) is 1. The molecular weight excluding hydrogens is 150 g/mol. The molecule has 72 valence electrons. The zero-order chi connectivity index (χ0) is 9.23. The minimum Gasteiger partial charge on any atom is -0.385 e. The third-order valence-corrected chi connectivity index (χ3v) is 1.91. The summed E-state index contributed by atoms with van der Waals surface area (Å²) in [6, 6.07) is 0.347. The average molecular weight is 171 g/mol. The molecule has 0 heterocycles. The van der Waals surface area contributed by atoms with Crippen LogP contribution in [0.1, 0.15) is 32.1 Å². The lowest BCUT2D eigenvalue weighted by Crippen LogP contribution is -2.19. The summed E-state index contributed by atoms with van der Waals surface area (Å²) in [6.45, 7) is 4.50. The van der Waals surface area contributed by atoms with E-state index in [1.165, 1.54) is 0 Å². The maximum absolute atomic E-state index is 5.87. The summed E-state index contributed by atoms with van der Waals surface area (Å²) < 4.78 is 4.95. The van der Waals surface area contributed by atoms with E-state index in [1.807, 2.05) is 6.08 Å². The number of unbranched alkanes of at least 4 members (excludes halogenated alkanes) is 1. The zero-order valence-electron chi connectivity index (χ0n) is 8.09. The summed E-state index contributed by atoms with van der Waals surface area (Å²) in [4.78, 5) is 0. The van der Waals surface area contributed by atoms with Crippen molar-refractivity contribution in [1.82, 2.24) is 0 Å². The molecule has 0 saturated carbocycles. The van der Waals surface area contributed by atoms with Gasteiger partial charge in [0, 0.05) is 19.8 Å². The van der Waals surface area contributed by atoms with Crippen LogP contribution in [-0.2, 0) is 4.74 Å². The van der Waals surface area contributed by atoms with Gasteiger partial charge in [-0.1, -0.05) is 6.08 Å². The smallest absolute Gasteiger partial charge is 0.0462 e. The minimum absolute atomic E-state index is 0.347. The lowest BCUT2D eigenvalue weighted by atomic mass is 10.1. The standard InChI is InChI=1S/C10H21NO/c1-3-4-5-7-10(11)8-6-9-12-2/h3,10H,1,4-9,11H2,2H3. The SMILES string of the molecule is C=CCCCC(N)CCCOC. The highest BCUT2D eigenvalue weighted by molar-refractivity contribution is 4.69. The molecule has 0 saturated heterocycles. The molecule has 0 aliphatic carbocycles. The van der Waals surface area contributed by atoms with Gasteiger partial charge in [-0.15, -0.1) is 6.58 Å². The first-order chi connectivity index (χ1) is 5.81. The Morgan fingerprint density at radius 3 is 2.67 bits per heavy atom. The molecule has 0 aliphatic rings. The number of hydrogen-bond acceptors (Lipinski definition) is 2. The van der Waals surface area contributed by atoms with Gasteiger partial charge in [-0.25, -0.2) is 0 Å². The number of hydrogen-bond donors (Lipinski definition) is 1. The van der Waals surface area contributed by atoms with Crippen molar-refractivity contribution in [3.63, 3.8) is 0 Å². The van der Waals surface area contributed by atoms with Crippen molar-refractivity contribution in [3.05, 3.63) is 12.7 Å². The van der Waals surface area contributed by atoms with Crippen LogP contribution in [0, 0.1) is 0 Å². The van der Waals surface area contributed by atoms with Gasteiger partial charge in [-0.3, -0.25) is 0 Å². The van der Waals surface area contributed by atoms with E-state index in [9.17, 15) is 0 Å². The fraction of sp³-hybridized carbons (Fsp3) is 0.800. The van der Waals surface area contributed by atoms with Crippen molar-refractivity contribution in [2.24, 2.45) is 5.73 Å². The minimum atomic E-state index is 0.347. The van der Waals surface area contributed by atoms with E-state index in [1.54, 1.807) is 7.11 Å². The lowest BCUT2D eigenvalue weighted by molar-refractivity contribution is 0.190. The Morgan fingerprint density at radius 2 is 2.08 bits per heavy atom. The van der Waals surface area contributed by atoms with Gasteiger partial charge in [-0.05, 0) is 32.1 Å². The first-order valence-electron chi connectivity index (χ1n) is 4.66.